The average Bonchev–Trinajstić information content (AvgIpc) is 2.57. The zero-order valence-electron chi connectivity index (χ0n) is 9.35. The molecule has 0 aromatic carbocycles. The van der Waals surface area contributed by atoms with Crippen LogP contribution < -0.4 is 5.73 Å². The second-order valence-electron chi connectivity index (χ2n) is 3.57. The summed E-state index contributed by atoms with van der Waals surface area (Å²) in [4.78, 5) is 0. The van der Waals surface area contributed by atoms with Gasteiger partial charge in [0.25, 0.3) is 0 Å². The number of ether oxygens (including phenoxy) is 2. The molecule has 0 unspecified atom stereocenters. The highest BCUT2D eigenvalue weighted by Gasteiger charge is 1.95. The lowest BCUT2D eigenvalue weighted by atomic mass is 10.5. The molecule has 5 nitrogen and oxygen atoms in total. The van der Waals surface area contributed by atoms with E-state index in [4.69, 9.17) is 15.2 Å². The number of nitrogen functional groups attached to an aromatic ring is 1. The lowest BCUT2D eigenvalue weighted by molar-refractivity contribution is 0.0171. The lowest BCUT2D eigenvalue weighted by Crippen LogP contribution is -2.12. The Balaban J connectivity index is 1.98. The molecule has 0 saturated heterocycles. The summed E-state index contributed by atoms with van der Waals surface area (Å²) in [5.74, 6) is 0. The number of aromatic nitrogens is 2. The van der Waals surface area contributed by atoms with E-state index < -0.39 is 0 Å². The van der Waals surface area contributed by atoms with Crippen LogP contribution >= 0.6 is 0 Å². The molecular formula is C10H19N3O2. The minimum Gasteiger partial charge on any atom is -0.396 e. The second-order valence-corrected chi connectivity index (χ2v) is 3.57. The molecule has 0 aliphatic rings. The molecule has 2 N–H and O–H groups in total. The van der Waals surface area contributed by atoms with Crippen LogP contribution in [0.4, 0.5) is 5.69 Å². The molecular weight excluding hydrogens is 194 g/mol. The minimum absolute atomic E-state index is 0.263. The molecule has 1 aromatic rings. The summed E-state index contributed by atoms with van der Waals surface area (Å²) in [5, 5.41) is 4.04. The molecule has 1 heterocycles. The molecule has 0 amide bonds. The van der Waals surface area contributed by atoms with E-state index in [2.05, 4.69) is 5.10 Å². The Labute approximate surface area is 90.2 Å². The molecule has 0 radical (unpaired) electrons. The summed E-state index contributed by atoms with van der Waals surface area (Å²) in [7, 11) is 0. The molecule has 5 heteroatoms. The van der Waals surface area contributed by atoms with Gasteiger partial charge < -0.3 is 15.2 Å². The van der Waals surface area contributed by atoms with Gasteiger partial charge in [0.1, 0.15) is 0 Å². The smallest absolute Gasteiger partial charge is 0.0719 e. The van der Waals surface area contributed by atoms with Crippen LogP contribution in [0.15, 0.2) is 12.4 Å². The third-order valence-corrected chi connectivity index (χ3v) is 1.80. The van der Waals surface area contributed by atoms with Gasteiger partial charge in [-0.05, 0) is 13.8 Å². The molecule has 0 aliphatic carbocycles. The van der Waals surface area contributed by atoms with E-state index in [1.165, 1.54) is 0 Å². The van der Waals surface area contributed by atoms with Gasteiger partial charge in [-0.15, -0.1) is 0 Å². The first-order chi connectivity index (χ1) is 7.18. The summed E-state index contributed by atoms with van der Waals surface area (Å²) in [6.45, 7) is 6.62. The fourth-order valence-corrected chi connectivity index (χ4v) is 1.10. The van der Waals surface area contributed by atoms with Crippen molar-refractivity contribution in [1.29, 1.82) is 0 Å². The summed E-state index contributed by atoms with van der Waals surface area (Å²) >= 11 is 0. The van der Waals surface area contributed by atoms with Gasteiger partial charge in [-0.1, -0.05) is 0 Å². The quantitative estimate of drug-likeness (QED) is 0.684. The molecule has 15 heavy (non-hydrogen) atoms. The maximum Gasteiger partial charge on any atom is 0.0719 e. The van der Waals surface area contributed by atoms with Crippen LogP contribution in [0.25, 0.3) is 0 Å². The number of nitrogens with zero attached hydrogens (tertiary/aromatic N) is 2. The van der Waals surface area contributed by atoms with Gasteiger partial charge in [0.2, 0.25) is 0 Å². The predicted molar refractivity (Wildman–Crippen MR) is 58.5 cm³/mol. The highest BCUT2D eigenvalue weighted by atomic mass is 16.5. The predicted octanol–water partition coefficient (Wildman–Crippen LogP) is 0.907. The van der Waals surface area contributed by atoms with Crippen LogP contribution in [0, 0.1) is 0 Å². The Morgan fingerprint density at radius 1 is 1.40 bits per heavy atom. The average molecular weight is 213 g/mol. The largest absolute Gasteiger partial charge is 0.396 e. The molecule has 1 aromatic heterocycles. The van der Waals surface area contributed by atoms with Gasteiger partial charge in [-0.25, -0.2) is 0 Å². The molecule has 0 fully saturated rings. The maximum atomic E-state index is 5.52. The summed E-state index contributed by atoms with van der Waals surface area (Å²) < 4.78 is 12.5. The van der Waals surface area contributed by atoms with Crippen LogP contribution in [0.1, 0.15) is 13.8 Å². The third kappa shape index (κ3) is 5.39. The minimum atomic E-state index is 0.263. The van der Waals surface area contributed by atoms with E-state index >= 15 is 0 Å². The van der Waals surface area contributed by atoms with Crippen molar-refractivity contribution in [2.24, 2.45) is 0 Å². The zero-order chi connectivity index (χ0) is 11.1. The van der Waals surface area contributed by atoms with E-state index in [1.54, 1.807) is 17.1 Å². The van der Waals surface area contributed by atoms with E-state index in [0.717, 1.165) is 6.54 Å². The Bertz CT molecular complexity index is 273. The van der Waals surface area contributed by atoms with Gasteiger partial charge in [0.15, 0.2) is 0 Å². The summed E-state index contributed by atoms with van der Waals surface area (Å²) in [6, 6.07) is 0. The lowest BCUT2D eigenvalue weighted by Gasteiger charge is -2.07. The highest BCUT2D eigenvalue weighted by molar-refractivity contribution is 5.30. The number of hydrogen-bond acceptors (Lipinski definition) is 4. The molecule has 86 valence electrons. The van der Waals surface area contributed by atoms with Crippen molar-refractivity contribution in [3.63, 3.8) is 0 Å². The van der Waals surface area contributed by atoms with Crippen molar-refractivity contribution in [3.8, 4) is 0 Å². The fraction of sp³-hybridized carbons (Fsp3) is 0.700. The number of anilines is 1. The van der Waals surface area contributed by atoms with Crippen molar-refractivity contribution >= 4 is 5.69 Å². The molecule has 1 rings (SSSR count). The Kier molecular flexibility index (Phi) is 5.14. The van der Waals surface area contributed by atoms with Gasteiger partial charge in [-0.3, -0.25) is 4.68 Å². The van der Waals surface area contributed by atoms with E-state index in [0.29, 0.717) is 25.5 Å². The van der Waals surface area contributed by atoms with Crippen LogP contribution in [0.3, 0.4) is 0 Å². The first-order valence-corrected chi connectivity index (χ1v) is 5.16. The Hall–Kier alpha value is -1.07. The van der Waals surface area contributed by atoms with E-state index in [9.17, 15) is 0 Å². The molecule has 0 bridgehead atoms. The highest BCUT2D eigenvalue weighted by Crippen LogP contribution is 1.97. The number of hydrogen-bond donors (Lipinski definition) is 1. The van der Waals surface area contributed by atoms with Crippen LogP contribution in [0.2, 0.25) is 0 Å². The maximum absolute atomic E-state index is 5.52. The van der Waals surface area contributed by atoms with E-state index in [1.807, 2.05) is 13.8 Å². The van der Waals surface area contributed by atoms with Gasteiger partial charge in [-0.2, -0.15) is 5.10 Å². The molecule has 0 atom stereocenters. The van der Waals surface area contributed by atoms with Gasteiger partial charge in [0, 0.05) is 6.20 Å². The zero-order valence-corrected chi connectivity index (χ0v) is 9.35. The topological polar surface area (TPSA) is 62.3 Å². The van der Waals surface area contributed by atoms with Crippen LogP contribution in [-0.4, -0.2) is 35.7 Å². The van der Waals surface area contributed by atoms with Crippen molar-refractivity contribution < 1.29 is 9.47 Å². The Morgan fingerprint density at radius 3 is 2.80 bits per heavy atom. The Morgan fingerprint density at radius 2 is 2.20 bits per heavy atom. The van der Waals surface area contributed by atoms with Crippen LogP contribution in [-0.2, 0) is 16.0 Å². The number of rotatable bonds is 7. The standard InChI is InChI=1S/C10H19N3O2/c1-9(2)15-6-5-14-4-3-13-8-10(11)7-12-13/h7-9H,3-6,11H2,1-2H3. The monoisotopic (exact) mass is 213 g/mol. The molecule has 0 aliphatic heterocycles. The normalized spacial score (nSPS) is 11.1. The van der Waals surface area contributed by atoms with Crippen LogP contribution in [0.5, 0.6) is 0 Å². The number of nitrogens with two attached hydrogens (primary N) is 1. The van der Waals surface area contributed by atoms with Crippen molar-refractivity contribution in [3.05, 3.63) is 12.4 Å². The van der Waals surface area contributed by atoms with Crippen molar-refractivity contribution in [1.82, 2.24) is 9.78 Å². The van der Waals surface area contributed by atoms with E-state index in [-0.39, 0.29) is 6.10 Å². The first kappa shape index (κ1) is 12.0. The SMILES string of the molecule is CC(C)OCCOCCn1cc(N)cn1. The van der Waals surface area contributed by atoms with Crippen molar-refractivity contribution in [2.45, 2.75) is 26.5 Å². The fourth-order valence-electron chi connectivity index (χ4n) is 1.10. The van der Waals surface area contributed by atoms with Gasteiger partial charge in [0.05, 0.1) is 44.4 Å². The first-order valence-electron chi connectivity index (χ1n) is 5.16. The molecule has 0 spiro atoms. The third-order valence-electron chi connectivity index (χ3n) is 1.80. The van der Waals surface area contributed by atoms with Gasteiger partial charge >= 0.3 is 0 Å². The summed E-state index contributed by atoms with van der Waals surface area (Å²) in [6.07, 6.45) is 3.68. The molecule has 0 saturated carbocycles. The second kappa shape index (κ2) is 6.42. The summed E-state index contributed by atoms with van der Waals surface area (Å²) in [5.41, 5.74) is 6.20. The van der Waals surface area contributed by atoms with Crippen molar-refractivity contribution in [2.75, 3.05) is 25.6 Å².